The van der Waals surface area contributed by atoms with Crippen molar-refractivity contribution in [3.63, 3.8) is 0 Å². The van der Waals surface area contributed by atoms with Gasteiger partial charge >= 0.3 is 0 Å². The zero-order valence-electron chi connectivity index (χ0n) is 24.8. The molecule has 1 aliphatic rings. The Labute approximate surface area is 243 Å². The van der Waals surface area contributed by atoms with E-state index in [4.69, 9.17) is 16.3 Å². The molecule has 3 unspecified atom stereocenters. The Morgan fingerprint density at radius 3 is 2.33 bits per heavy atom. The molecule has 7 heteroatoms. The standard InChI is InChI=1S/C33H44ClN3O3/c1-7-22(5)37(23(6)8-2)33(39)26-18-27-29(19-28(26)34)36-32(38)30(24-16-20(3)15-21(4)17-24)31(27)40-14-12-25-11-9-10-13-35-25/h15-19,22-23,25,35H,7-14H2,1-6H3,(H,36,38). The fraction of sp³-hybridized carbons (Fsp3) is 0.515. The first kappa shape index (κ1) is 30.1. The zero-order valence-corrected chi connectivity index (χ0v) is 25.6. The Morgan fingerprint density at radius 2 is 1.73 bits per heavy atom. The van der Waals surface area contributed by atoms with Gasteiger partial charge in [-0.05, 0) is 84.0 Å². The number of carbonyl (C=O) groups excluding carboxylic acids is 1. The summed E-state index contributed by atoms with van der Waals surface area (Å²) in [5, 5.41) is 4.58. The Kier molecular flexibility index (Phi) is 9.96. The summed E-state index contributed by atoms with van der Waals surface area (Å²) in [4.78, 5) is 32.5. The molecule has 1 fully saturated rings. The molecule has 40 heavy (non-hydrogen) atoms. The van der Waals surface area contributed by atoms with Crippen LogP contribution in [0.2, 0.25) is 5.02 Å². The number of pyridine rings is 1. The SMILES string of the molecule is CCC(C)N(C(=O)c1cc2c(OCCC3CCCCN3)c(-c3cc(C)cc(C)c3)c(=O)[nH]c2cc1Cl)C(C)CC. The van der Waals surface area contributed by atoms with Gasteiger partial charge in [-0.3, -0.25) is 9.59 Å². The fourth-order valence-corrected chi connectivity index (χ4v) is 6.07. The van der Waals surface area contributed by atoms with Crippen LogP contribution in [0, 0.1) is 13.8 Å². The fourth-order valence-electron chi connectivity index (χ4n) is 5.82. The van der Waals surface area contributed by atoms with Crippen molar-refractivity contribution in [2.75, 3.05) is 13.2 Å². The van der Waals surface area contributed by atoms with Crippen LogP contribution in [0.1, 0.15) is 87.7 Å². The maximum atomic E-state index is 14.0. The van der Waals surface area contributed by atoms with Gasteiger partial charge in [-0.2, -0.15) is 0 Å². The summed E-state index contributed by atoms with van der Waals surface area (Å²) in [6, 6.07) is 10.1. The molecule has 0 bridgehead atoms. The summed E-state index contributed by atoms with van der Waals surface area (Å²) in [6.07, 6.45) is 6.07. The van der Waals surface area contributed by atoms with Crippen LogP contribution in [0.4, 0.5) is 0 Å². The van der Waals surface area contributed by atoms with Crippen LogP contribution in [0.5, 0.6) is 5.75 Å². The lowest BCUT2D eigenvalue weighted by Crippen LogP contribution is -2.44. The molecule has 0 spiro atoms. The smallest absolute Gasteiger partial charge is 0.260 e. The third-order valence-corrected chi connectivity index (χ3v) is 8.60. The molecule has 2 aromatic carbocycles. The maximum Gasteiger partial charge on any atom is 0.260 e. The minimum Gasteiger partial charge on any atom is -0.492 e. The highest BCUT2D eigenvalue weighted by molar-refractivity contribution is 6.34. The van der Waals surface area contributed by atoms with E-state index >= 15 is 0 Å². The van der Waals surface area contributed by atoms with E-state index in [2.05, 4.69) is 44.1 Å². The first-order chi connectivity index (χ1) is 19.1. The number of aromatic nitrogens is 1. The lowest BCUT2D eigenvalue weighted by molar-refractivity contribution is 0.0598. The number of aromatic amines is 1. The van der Waals surface area contributed by atoms with Crippen LogP contribution in [-0.4, -0.2) is 47.1 Å². The highest BCUT2D eigenvalue weighted by atomic mass is 35.5. The first-order valence-corrected chi connectivity index (χ1v) is 15.2. The van der Waals surface area contributed by atoms with Gasteiger partial charge in [0.2, 0.25) is 0 Å². The predicted molar refractivity (Wildman–Crippen MR) is 166 cm³/mol. The lowest BCUT2D eigenvalue weighted by atomic mass is 9.98. The predicted octanol–water partition coefficient (Wildman–Crippen LogP) is 7.42. The number of amides is 1. The Bertz CT molecular complexity index is 1380. The van der Waals surface area contributed by atoms with Crippen molar-refractivity contribution in [2.45, 2.75) is 98.2 Å². The van der Waals surface area contributed by atoms with Crippen molar-refractivity contribution < 1.29 is 9.53 Å². The molecule has 1 amide bonds. The van der Waals surface area contributed by atoms with E-state index in [0.29, 0.717) is 45.5 Å². The molecule has 3 atom stereocenters. The number of nitrogens with one attached hydrogen (secondary N) is 2. The number of benzene rings is 2. The Morgan fingerprint density at radius 1 is 1.05 bits per heavy atom. The summed E-state index contributed by atoms with van der Waals surface area (Å²) >= 11 is 6.73. The van der Waals surface area contributed by atoms with Crippen molar-refractivity contribution in [1.82, 2.24) is 15.2 Å². The van der Waals surface area contributed by atoms with Crippen LogP contribution < -0.4 is 15.6 Å². The highest BCUT2D eigenvalue weighted by Crippen LogP contribution is 2.37. The van der Waals surface area contributed by atoms with Crippen molar-refractivity contribution in [1.29, 1.82) is 0 Å². The van der Waals surface area contributed by atoms with E-state index in [1.165, 1.54) is 12.8 Å². The molecule has 2 heterocycles. The summed E-state index contributed by atoms with van der Waals surface area (Å²) in [7, 11) is 0. The maximum absolute atomic E-state index is 14.0. The quantitative estimate of drug-likeness (QED) is 0.268. The first-order valence-electron chi connectivity index (χ1n) is 14.8. The van der Waals surface area contributed by atoms with E-state index in [0.717, 1.165) is 48.9 Å². The third kappa shape index (κ3) is 6.55. The summed E-state index contributed by atoms with van der Waals surface area (Å²) in [6.45, 7) is 13.9. The number of rotatable bonds is 10. The molecule has 0 radical (unpaired) electrons. The molecule has 0 saturated carbocycles. The monoisotopic (exact) mass is 565 g/mol. The minimum absolute atomic E-state index is 0.0642. The second-order valence-electron chi connectivity index (χ2n) is 11.4. The van der Waals surface area contributed by atoms with Gasteiger partial charge in [-0.15, -0.1) is 0 Å². The van der Waals surface area contributed by atoms with Gasteiger partial charge in [0.15, 0.2) is 0 Å². The number of nitrogens with zero attached hydrogens (tertiary/aromatic N) is 1. The number of hydrogen-bond acceptors (Lipinski definition) is 4. The number of hydrogen-bond donors (Lipinski definition) is 2. The molecule has 2 N–H and O–H groups in total. The average molecular weight is 566 g/mol. The van der Waals surface area contributed by atoms with Crippen molar-refractivity contribution in [2.24, 2.45) is 0 Å². The Hall–Kier alpha value is -2.83. The van der Waals surface area contributed by atoms with Gasteiger partial charge in [0.25, 0.3) is 11.5 Å². The summed E-state index contributed by atoms with van der Waals surface area (Å²) in [5.74, 6) is 0.399. The molecule has 4 rings (SSSR count). The molecule has 3 aromatic rings. The molecule has 1 saturated heterocycles. The number of carbonyl (C=O) groups is 1. The van der Waals surface area contributed by atoms with Gasteiger partial charge in [-0.25, -0.2) is 0 Å². The molecular weight excluding hydrogens is 522 g/mol. The second kappa shape index (κ2) is 13.2. The number of piperidine rings is 1. The molecule has 1 aliphatic heterocycles. The van der Waals surface area contributed by atoms with Crippen LogP contribution >= 0.6 is 11.6 Å². The van der Waals surface area contributed by atoms with Gasteiger partial charge < -0.3 is 19.9 Å². The van der Waals surface area contributed by atoms with Crippen molar-refractivity contribution in [3.8, 4) is 16.9 Å². The normalized spacial score (nSPS) is 17.0. The van der Waals surface area contributed by atoms with Gasteiger partial charge in [0.1, 0.15) is 5.75 Å². The number of aryl methyl sites for hydroxylation is 2. The topological polar surface area (TPSA) is 74.4 Å². The third-order valence-electron chi connectivity index (χ3n) is 8.29. The molecule has 216 valence electrons. The molecule has 0 aliphatic carbocycles. The number of H-pyrrole nitrogens is 1. The molecule has 6 nitrogen and oxygen atoms in total. The van der Waals surface area contributed by atoms with E-state index in [9.17, 15) is 9.59 Å². The Balaban J connectivity index is 1.87. The number of ether oxygens (including phenoxy) is 1. The molecule has 1 aromatic heterocycles. The van der Waals surface area contributed by atoms with Crippen LogP contribution in [-0.2, 0) is 0 Å². The largest absolute Gasteiger partial charge is 0.492 e. The van der Waals surface area contributed by atoms with E-state index < -0.39 is 0 Å². The summed E-state index contributed by atoms with van der Waals surface area (Å²) in [5.41, 5.74) is 4.16. The van der Waals surface area contributed by atoms with Gasteiger partial charge in [-0.1, -0.05) is 61.2 Å². The number of fused-ring (bicyclic) bond motifs is 1. The number of halogens is 1. The van der Waals surface area contributed by atoms with Crippen molar-refractivity contribution in [3.05, 3.63) is 62.4 Å². The van der Waals surface area contributed by atoms with Gasteiger partial charge in [0, 0.05) is 23.5 Å². The van der Waals surface area contributed by atoms with Crippen LogP contribution in [0.25, 0.3) is 22.0 Å². The van der Waals surface area contributed by atoms with Crippen LogP contribution in [0.3, 0.4) is 0 Å². The van der Waals surface area contributed by atoms with E-state index in [1.807, 2.05) is 36.9 Å². The zero-order chi connectivity index (χ0) is 29.0. The minimum atomic E-state index is -0.237. The second-order valence-corrected chi connectivity index (χ2v) is 11.8. The average Bonchev–Trinajstić information content (AvgIpc) is 2.92. The van der Waals surface area contributed by atoms with Crippen molar-refractivity contribution >= 4 is 28.4 Å². The van der Waals surface area contributed by atoms with Gasteiger partial charge in [0.05, 0.1) is 28.3 Å². The summed E-state index contributed by atoms with van der Waals surface area (Å²) < 4.78 is 6.51. The highest BCUT2D eigenvalue weighted by Gasteiger charge is 2.28. The van der Waals surface area contributed by atoms with E-state index in [-0.39, 0.29) is 23.6 Å². The van der Waals surface area contributed by atoms with E-state index in [1.54, 1.807) is 6.07 Å². The molecular formula is C33H44ClN3O3. The van der Waals surface area contributed by atoms with Crippen LogP contribution in [0.15, 0.2) is 35.1 Å². The lowest BCUT2D eigenvalue weighted by Gasteiger charge is -2.34.